The van der Waals surface area contributed by atoms with Crippen LogP contribution in [0, 0.1) is 0 Å². The second-order valence-electron chi connectivity index (χ2n) is 5.94. The summed E-state index contributed by atoms with van der Waals surface area (Å²) in [6.45, 7) is 2.30. The van der Waals surface area contributed by atoms with Gasteiger partial charge in [-0.3, -0.25) is 14.8 Å². The maximum absolute atomic E-state index is 11.4. The average molecular weight is 299 g/mol. The smallest absolute Gasteiger partial charge is 0.237 e. The number of hydrogen-bond donors (Lipinski definition) is 3. The highest BCUT2D eigenvalue weighted by Crippen LogP contribution is 2.22. The van der Waals surface area contributed by atoms with Crippen LogP contribution >= 0.6 is 0 Å². The summed E-state index contributed by atoms with van der Waals surface area (Å²) in [5, 5.41) is 7.44. The Morgan fingerprint density at radius 1 is 1.27 bits per heavy atom. The molecule has 1 aromatic carbocycles. The lowest BCUT2D eigenvalue weighted by atomic mass is 9.88. The van der Waals surface area contributed by atoms with Gasteiger partial charge in [0.25, 0.3) is 0 Å². The van der Waals surface area contributed by atoms with Crippen molar-refractivity contribution >= 4 is 5.91 Å². The lowest BCUT2D eigenvalue weighted by molar-refractivity contribution is -0.124. The van der Waals surface area contributed by atoms with Crippen LogP contribution in [0.1, 0.15) is 18.5 Å². The number of nitrogens with zero attached hydrogens (tertiary/aromatic N) is 2. The molecule has 0 saturated carbocycles. The van der Waals surface area contributed by atoms with Crippen molar-refractivity contribution in [2.45, 2.75) is 24.9 Å². The molecule has 116 valence electrons. The van der Waals surface area contributed by atoms with Crippen LogP contribution in [0.3, 0.4) is 0 Å². The highest BCUT2D eigenvalue weighted by molar-refractivity contribution is 5.84. The fourth-order valence-corrected chi connectivity index (χ4v) is 2.80. The zero-order valence-corrected chi connectivity index (χ0v) is 12.5. The Balaban J connectivity index is 1.61. The molecular formula is C16H21N5O. The molecule has 1 aliphatic heterocycles. The summed E-state index contributed by atoms with van der Waals surface area (Å²) in [5.74, 6) is -0.403. The van der Waals surface area contributed by atoms with Crippen LogP contribution in [0.2, 0.25) is 0 Å². The Morgan fingerprint density at radius 3 is 2.59 bits per heavy atom. The monoisotopic (exact) mass is 299 g/mol. The van der Waals surface area contributed by atoms with Crippen LogP contribution in [0.5, 0.6) is 0 Å². The van der Waals surface area contributed by atoms with E-state index in [2.05, 4.69) is 21.2 Å². The van der Waals surface area contributed by atoms with Crippen LogP contribution in [0.25, 0.3) is 11.3 Å². The molecule has 2 heterocycles. The van der Waals surface area contributed by atoms with E-state index in [4.69, 9.17) is 11.5 Å². The SMILES string of the molecule is NC(=O)C1(N)CCN(Cc2cc(-c3ccccc3)n[nH]2)CC1. The molecule has 0 unspecified atom stereocenters. The van der Waals surface area contributed by atoms with Crippen LogP contribution in [0.15, 0.2) is 36.4 Å². The van der Waals surface area contributed by atoms with Gasteiger partial charge >= 0.3 is 0 Å². The first kappa shape index (κ1) is 14.7. The number of benzene rings is 1. The standard InChI is InChI=1S/C16H21N5O/c17-15(22)16(18)6-8-21(9-7-16)11-13-10-14(20-19-13)12-4-2-1-3-5-12/h1-5,10H,6-9,11,18H2,(H2,17,22)(H,19,20). The molecule has 1 amide bonds. The van der Waals surface area contributed by atoms with Crippen molar-refractivity contribution in [2.75, 3.05) is 13.1 Å². The molecule has 6 heteroatoms. The summed E-state index contributed by atoms with van der Waals surface area (Å²) < 4.78 is 0. The number of carbonyl (C=O) groups excluding carboxylic acids is 1. The van der Waals surface area contributed by atoms with Crippen LogP contribution < -0.4 is 11.5 Å². The Hall–Kier alpha value is -2.18. The first-order valence-electron chi connectivity index (χ1n) is 7.48. The second-order valence-corrected chi connectivity index (χ2v) is 5.94. The van der Waals surface area contributed by atoms with E-state index >= 15 is 0 Å². The van der Waals surface area contributed by atoms with Gasteiger partial charge in [0.2, 0.25) is 5.91 Å². The van der Waals surface area contributed by atoms with E-state index in [-0.39, 0.29) is 0 Å². The second kappa shape index (κ2) is 5.90. The Morgan fingerprint density at radius 2 is 1.95 bits per heavy atom. The first-order valence-corrected chi connectivity index (χ1v) is 7.48. The molecule has 1 aromatic heterocycles. The molecule has 0 atom stereocenters. The maximum Gasteiger partial charge on any atom is 0.237 e. The number of likely N-dealkylation sites (tertiary alicyclic amines) is 1. The lowest BCUT2D eigenvalue weighted by Gasteiger charge is -2.36. The van der Waals surface area contributed by atoms with Gasteiger partial charge in [0.05, 0.1) is 11.2 Å². The predicted molar refractivity (Wildman–Crippen MR) is 84.6 cm³/mol. The summed E-state index contributed by atoms with van der Waals surface area (Å²) in [5.41, 5.74) is 13.6. The summed E-state index contributed by atoms with van der Waals surface area (Å²) in [7, 11) is 0. The van der Waals surface area contributed by atoms with E-state index < -0.39 is 11.4 Å². The van der Waals surface area contributed by atoms with Gasteiger partial charge in [-0.1, -0.05) is 30.3 Å². The molecule has 1 saturated heterocycles. The molecule has 6 nitrogen and oxygen atoms in total. The summed E-state index contributed by atoms with van der Waals surface area (Å²) >= 11 is 0. The molecule has 22 heavy (non-hydrogen) atoms. The van der Waals surface area contributed by atoms with Gasteiger partial charge in [-0.2, -0.15) is 5.10 Å². The fourth-order valence-electron chi connectivity index (χ4n) is 2.80. The van der Waals surface area contributed by atoms with E-state index in [1.165, 1.54) is 0 Å². The summed E-state index contributed by atoms with van der Waals surface area (Å²) in [4.78, 5) is 13.6. The highest BCUT2D eigenvalue weighted by atomic mass is 16.1. The van der Waals surface area contributed by atoms with Gasteiger partial charge in [-0.15, -0.1) is 0 Å². The minimum absolute atomic E-state index is 0.403. The Bertz CT molecular complexity index is 644. The number of carbonyl (C=O) groups is 1. The third-order valence-corrected chi connectivity index (χ3v) is 4.33. The van der Waals surface area contributed by atoms with Crippen molar-refractivity contribution in [3.05, 3.63) is 42.1 Å². The number of nitrogens with two attached hydrogens (primary N) is 2. The number of H-pyrrole nitrogens is 1. The van der Waals surface area contributed by atoms with Gasteiger partial charge in [0.15, 0.2) is 0 Å². The number of aromatic nitrogens is 2. The van der Waals surface area contributed by atoms with Crippen molar-refractivity contribution in [1.29, 1.82) is 0 Å². The minimum Gasteiger partial charge on any atom is -0.368 e. The number of aromatic amines is 1. The first-order chi connectivity index (χ1) is 10.6. The van der Waals surface area contributed by atoms with Crippen LogP contribution in [-0.4, -0.2) is 39.6 Å². The van der Waals surface area contributed by atoms with Crippen molar-refractivity contribution in [1.82, 2.24) is 15.1 Å². The van der Waals surface area contributed by atoms with Gasteiger partial charge in [0, 0.05) is 30.9 Å². The number of piperidine rings is 1. The summed E-state index contributed by atoms with van der Waals surface area (Å²) in [6, 6.07) is 12.1. The van der Waals surface area contributed by atoms with Crippen LogP contribution in [0.4, 0.5) is 0 Å². The number of primary amides is 1. The Kier molecular flexibility index (Phi) is 3.96. The lowest BCUT2D eigenvalue weighted by Crippen LogP contribution is -2.58. The summed E-state index contributed by atoms with van der Waals surface area (Å²) in [6.07, 6.45) is 1.20. The molecule has 0 spiro atoms. The number of amides is 1. The maximum atomic E-state index is 11.4. The quantitative estimate of drug-likeness (QED) is 0.779. The van der Waals surface area contributed by atoms with Crippen molar-refractivity contribution in [3.63, 3.8) is 0 Å². The third-order valence-electron chi connectivity index (χ3n) is 4.33. The average Bonchev–Trinajstić information content (AvgIpc) is 2.99. The van der Waals surface area contributed by atoms with Crippen molar-refractivity contribution in [3.8, 4) is 11.3 Å². The molecule has 0 aliphatic carbocycles. The normalized spacial score (nSPS) is 18.2. The molecule has 3 rings (SSSR count). The Labute approximate surface area is 129 Å². The zero-order valence-electron chi connectivity index (χ0n) is 12.5. The van der Waals surface area contributed by atoms with E-state index in [0.717, 1.165) is 36.6 Å². The fraction of sp³-hybridized carbons (Fsp3) is 0.375. The van der Waals surface area contributed by atoms with Gasteiger partial charge < -0.3 is 11.5 Å². The van der Waals surface area contributed by atoms with Gasteiger partial charge in [0.1, 0.15) is 0 Å². The molecular weight excluding hydrogens is 278 g/mol. The van der Waals surface area contributed by atoms with Crippen LogP contribution in [-0.2, 0) is 11.3 Å². The molecule has 2 aromatic rings. The predicted octanol–water partition coefficient (Wildman–Crippen LogP) is 0.855. The van der Waals surface area contributed by atoms with E-state index in [1.54, 1.807) is 0 Å². The van der Waals surface area contributed by atoms with E-state index in [1.807, 2.05) is 30.3 Å². The third kappa shape index (κ3) is 3.03. The molecule has 0 radical (unpaired) electrons. The van der Waals surface area contributed by atoms with Gasteiger partial charge in [-0.05, 0) is 18.9 Å². The van der Waals surface area contributed by atoms with Crippen molar-refractivity contribution in [2.24, 2.45) is 11.5 Å². The van der Waals surface area contributed by atoms with E-state index in [9.17, 15) is 4.79 Å². The number of nitrogens with one attached hydrogen (secondary N) is 1. The van der Waals surface area contributed by atoms with E-state index in [0.29, 0.717) is 12.8 Å². The molecule has 0 bridgehead atoms. The minimum atomic E-state index is -0.848. The molecule has 5 N–H and O–H groups in total. The van der Waals surface area contributed by atoms with Crippen molar-refractivity contribution < 1.29 is 4.79 Å². The zero-order chi connectivity index (χ0) is 15.6. The number of hydrogen-bond acceptors (Lipinski definition) is 4. The highest BCUT2D eigenvalue weighted by Gasteiger charge is 2.35. The molecule has 1 fully saturated rings. The largest absolute Gasteiger partial charge is 0.368 e. The molecule has 1 aliphatic rings. The van der Waals surface area contributed by atoms with Gasteiger partial charge in [-0.25, -0.2) is 0 Å². The number of rotatable bonds is 4. The topological polar surface area (TPSA) is 101 Å².